The van der Waals surface area contributed by atoms with Gasteiger partial charge in [-0.3, -0.25) is 4.79 Å². The molecule has 0 saturated heterocycles. The van der Waals surface area contributed by atoms with Gasteiger partial charge in [0, 0.05) is 30.2 Å². The van der Waals surface area contributed by atoms with Gasteiger partial charge >= 0.3 is 60.4 Å². The van der Waals surface area contributed by atoms with Crippen LogP contribution >= 0.6 is 19.3 Å². The van der Waals surface area contributed by atoms with Crippen molar-refractivity contribution < 1.29 is 45.1 Å². The molecule has 0 aliphatic carbocycles. The van der Waals surface area contributed by atoms with Crippen LogP contribution in [0.5, 0.6) is 0 Å². The zero-order valence-corrected chi connectivity index (χ0v) is 43.4. The Balaban J connectivity index is 0.000000217. The van der Waals surface area contributed by atoms with E-state index in [9.17, 15) is 4.79 Å². The Bertz CT molecular complexity index is 2120. The molecule has 69 heavy (non-hydrogen) atoms. The molecule has 8 aliphatic rings. The molecule has 2 aromatic rings. The van der Waals surface area contributed by atoms with Crippen molar-refractivity contribution in [3.63, 3.8) is 0 Å². The summed E-state index contributed by atoms with van der Waals surface area (Å²) in [4.78, 5) is 23.1. The second kappa shape index (κ2) is 37.0. The second-order valence-electron chi connectivity index (χ2n) is 13.0. The summed E-state index contributed by atoms with van der Waals surface area (Å²) in [6.07, 6.45) is 67.8. The molecule has 19 heteroatoms. The number of aromatic nitrogens is 4. The van der Waals surface area contributed by atoms with Crippen LogP contribution in [0.1, 0.15) is 11.4 Å². The first kappa shape index (κ1) is 56.2. The van der Waals surface area contributed by atoms with Crippen molar-refractivity contribution in [2.75, 3.05) is 6.54 Å². The minimum absolute atomic E-state index is 0.0139. The normalized spacial score (nSPS) is 20.1. The zero-order chi connectivity index (χ0) is 49.4. The summed E-state index contributed by atoms with van der Waals surface area (Å²) >= 11 is 2.67. The van der Waals surface area contributed by atoms with Crippen LogP contribution < -0.4 is 5.73 Å². The van der Waals surface area contributed by atoms with Crippen molar-refractivity contribution in [1.29, 1.82) is 0 Å². The fourth-order valence-electron chi connectivity index (χ4n) is 5.24. The van der Waals surface area contributed by atoms with Crippen molar-refractivity contribution in [3.05, 3.63) is 320 Å². The first-order valence-electron chi connectivity index (χ1n) is 20.5. The van der Waals surface area contributed by atoms with Gasteiger partial charge in [0.2, 0.25) is 0 Å². The molecule has 10 rings (SSSR count). The predicted octanol–water partition coefficient (Wildman–Crippen LogP) is 13.8. The van der Waals surface area contributed by atoms with E-state index in [1.807, 2.05) is 146 Å². The molecule has 10 heterocycles. The third-order valence-electron chi connectivity index (χ3n) is 8.23. The average molecular weight is 1310 g/mol. The van der Waals surface area contributed by atoms with Crippen LogP contribution in [0.4, 0.5) is 0 Å². The Morgan fingerprint density at radius 1 is 0.435 bits per heavy atom. The van der Waals surface area contributed by atoms with Crippen LogP contribution in [0.3, 0.4) is 0 Å². The van der Waals surface area contributed by atoms with Gasteiger partial charge in [-0.2, -0.15) is 95.2 Å². The summed E-state index contributed by atoms with van der Waals surface area (Å²) < 4.78 is 0. The topological polar surface area (TPSA) is 233 Å². The van der Waals surface area contributed by atoms with E-state index in [0.717, 1.165) is 57.7 Å². The maximum absolute atomic E-state index is 10.0. The number of rotatable bonds is 4. The number of aromatic amines is 2. The van der Waals surface area contributed by atoms with Gasteiger partial charge in [0.25, 0.3) is 0 Å². The molecule has 0 bridgehead atoms. The quantitative estimate of drug-likeness (QED) is 0.233. The van der Waals surface area contributed by atoms with Crippen LogP contribution in [0.25, 0.3) is 42.5 Å². The molecule has 0 unspecified atom stereocenters. The zero-order valence-electron chi connectivity index (χ0n) is 36.8. The summed E-state index contributed by atoms with van der Waals surface area (Å²) in [6.45, 7) is 0.683. The number of hydrogen-bond donors (Lipinski definition) is 4. The van der Waals surface area contributed by atoms with Gasteiger partial charge in [0.05, 0.1) is 19.1 Å². The molecule has 0 radical (unpaired) electrons. The fourth-order valence-corrected chi connectivity index (χ4v) is 5.24. The van der Waals surface area contributed by atoms with Gasteiger partial charge in [-0.15, -0.1) is 0 Å². The summed E-state index contributed by atoms with van der Waals surface area (Å²) in [5.41, 5.74) is 14.3. The first-order valence-corrected chi connectivity index (χ1v) is 26.8. The number of allylic oxidation sites excluding steroid dienone is 24. The Hall–Kier alpha value is -7.10. The van der Waals surface area contributed by atoms with Crippen molar-refractivity contribution in [2.45, 2.75) is 12.8 Å². The number of carbonyl (C=O) groups is 1. The maximum atomic E-state index is 10.0. The predicted molar refractivity (Wildman–Crippen MR) is 274 cm³/mol. The molecule has 0 saturated carbocycles. The van der Waals surface area contributed by atoms with Gasteiger partial charge < -0.3 is 63.3 Å². The van der Waals surface area contributed by atoms with Crippen LogP contribution in [0, 0.1) is 0 Å². The molecule has 0 spiro atoms. The molecule has 2 aromatic heterocycles. The number of nitrogens with one attached hydrogen (secondary N) is 2. The Labute approximate surface area is 432 Å². The van der Waals surface area contributed by atoms with Gasteiger partial charge in [-0.05, 0) is 6.54 Å². The molecule has 0 atom stereocenters. The number of imidazole rings is 2. The van der Waals surface area contributed by atoms with E-state index in [2.05, 4.69) is 81.7 Å². The van der Waals surface area contributed by atoms with Crippen molar-refractivity contribution in [3.8, 4) is 0 Å². The number of H-pyrrole nitrogens is 2. The Morgan fingerprint density at radius 3 is 0.826 bits per heavy atom. The van der Waals surface area contributed by atoms with E-state index in [1.54, 1.807) is 62.1 Å². The van der Waals surface area contributed by atoms with Crippen molar-refractivity contribution in [2.24, 2.45) is 5.73 Å². The van der Waals surface area contributed by atoms with E-state index in [4.69, 9.17) is 10.8 Å². The number of hydrogen-bond acceptors (Lipinski definition) is 4. The number of carboxylic acid groups (broad SMARTS) is 1. The molecular weight excluding hydrogens is 1270 g/mol. The van der Waals surface area contributed by atoms with Crippen LogP contribution in [-0.2, 0) is 52.8 Å². The van der Waals surface area contributed by atoms with Crippen molar-refractivity contribution >= 4 is 25.2 Å². The van der Waals surface area contributed by atoms with E-state index in [0.29, 0.717) is 12.2 Å². The molecule has 0 aromatic carbocycles. The molecule has 8 aliphatic heterocycles. The second-order valence-corrected chi connectivity index (χ2v) is 13.0. The monoisotopic (exact) mass is 1320 g/mol. The molecule has 362 valence electrons. The average Bonchev–Trinajstić information content (AvgIpc) is 4.18. The van der Waals surface area contributed by atoms with Crippen LogP contribution in [0.2, 0.25) is 0 Å². The van der Waals surface area contributed by atoms with Gasteiger partial charge in [-0.1, -0.05) is 146 Å². The molecule has 15 nitrogen and oxygen atoms in total. The fraction of sp³-hybridized carbons (Fsp3) is 0.0600. The molecule has 0 amide bonds. The van der Waals surface area contributed by atoms with E-state index < -0.39 is 5.97 Å². The van der Waals surface area contributed by atoms with Crippen LogP contribution in [-0.4, -0.2) is 37.6 Å². The van der Waals surface area contributed by atoms with Gasteiger partial charge in [0.1, 0.15) is 0 Å². The minimum atomic E-state index is -0.848. The van der Waals surface area contributed by atoms with Crippen molar-refractivity contribution in [1.82, 2.24) is 19.9 Å². The van der Waals surface area contributed by atoms with Gasteiger partial charge in [0.15, 0.2) is 0 Å². The summed E-state index contributed by atoms with van der Waals surface area (Å²) in [5.74, 6) is -0.848. The van der Waals surface area contributed by atoms with E-state index in [1.165, 1.54) is 47.7 Å². The number of aliphatic carboxylic acids is 1. The number of nitrogens with zero attached hydrogens (tertiary/aromatic N) is 10. The third-order valence-corrected chi connectivity index (χ3v) is 8.23. The summed E-state index contributed by atoms with van der Waals surface area (Å²) in [6, 6.07) is 0. The molecular formula is C50H47Cl2N13O2Os2-8. The number of nitrogens with two attached hydrogens (primary N) is 1. The standard InChI is InChI=1S/4C10H8N2.C5H9N3.C5H6N2O2.2ClH.2Os/c4*1-3-7-11-9(5-1)10-6-2-4-8-12-10;6-2-1-5-3-7-4-8-5;8-5(9)1-4-2-6-3-7-4;;;;/h4*1-8H;3-4H,1-2,6H2,(H,7,8);2-3H,1H2,(H,6,7)(H,8,9);2*1H;;/q4*-2;;;;;2*+1/p-2. The van der Waals surface area contributed by atoms with Crippen LogP contribution in [0.15, 0.2) is 266 Å². The third kappa shape index (κ3) is 24.0. The number of halogens is 2. The van der Waals surface area contributed by atoms with E-state index >= 15 is 0 Å². The summed E-state index contributed by atoms with van der Waals surface area (Å²) in [5, 5.41) is 41.7. The molecule has 0 fully saturated rings. The first-order chi connectivity index (χ1) is 34.1. The Morgan fingerprint density at radius 2 is 0.667 bits per heavy atom. The summed E-state index contributed by atoms with van der Waals surface area (Å²) in [7, 11) is 9.33. The molecule has 5 N–H and O–H groups in total. The number of carboxylic acids is 1. The SMILES string of the molecule is C1=C[N-]C(=C2C=CC=C[N-]2)C=C1.C1=C[N-]C(=C2C=CC=C[N-]2)C=C1.C1=C[N-]C(=C2C=CC=C[N-]2)C=C1.C1=C[N-]C(=C2C=CC=C[N-]2)C=C1.NCCc1cnc[nH]1.O=C(O)Cc1cnc[nH]1.[Cl][Os].[Cl][Os]. The van der Waals surface area contributed by atoms with Gasteiger partial charge in [-0.25, -0.2) is 9.97 Å². The van der Waals surface area contributed by atoms with E-state index in [-0.39, 0.29) is 6.42 Å². The Kier molecular flexibility index (Phi) is 30.1.